The maximum Gasteiger partial charge on any atom is 0.224 e. The summed E-state index contributed by atoms with van der Waals surface area (Å²) in [6, 6.07) is 6.30. The fourth-order valence-electron chi connectivity index (χ4n) is 1.71. The molecule has 0 aromatic heterocycles. The molecule has 1 aliphatic rings. The first-order valence-electron chi connectivity index (χ1n) is 5.89. The molecule has 1 aliphatic carbocycles. The molecule has 0 saturated heterocycles. The van der Waals surface area contributed by atoms with E-state index < -0.39 is 0 Å². The highest BCUT2D eigenvalue weighted by Gasteiger charge is 2.20. The second-order valence-electron chi connectivity index (χ2n) is 4.63. The van der Waals surface area contributed by atoms with Crippen molar-refractivity contribution in [1.82, 2.24) is 5.32 Å². The van der Waals surface area contributed by atoms with E-state index in [1.807, 2.05) is 25.1 Å². The Kier molecular flexibility index (Phi) is 3.69. The normalized spacial score (nSPS) is 16.8. The van der Waals surface area contributed by atoms with Crippen LogP contribution in [0, 0.1) is 0 Å². The zero-order valence-corrected chi connectivity index (χ0v) is 10.6. The fourth-order valence-corrected chi connectivity index (χ4v) is 1.89. The quantitative estimate of drug-likeness (QED) is 0.844. The van der Waals surface area contributed by atoms with Gasteiger partial charge in [0.1, 0.15) is 0 Å². The number of carbonyl (C=O) groups excluding carboxylic acids is 1. The molecule has 1 fully saturated rings. The highest BCUT2D eigenvalue weighted by atomic mass is 35.5. The largest absolute Gasteiger partial charge is 0.369 e. The van der Waals surface area contributed by atoms with Crippen LogP contribution in [0.25, 0.3) is 0 Å². The van der Waals surface area contributed by atoms with Gasteiger partial charge in [0, 0.05) is 17.6 Å². The summed E-state index contributed by atoms with van der Waals surface area (Å²) in [5.74, 6) is -0.583. The molecule has 1 atom stereocenters. The van der Waals surface area contributed by atoms with Gasteiger partial charge in [-0.2, -0.15) is 0 Å². The zero-order chi connectivity index (χ0) is 12.4. The Labute approximate surface area is 106 Å². The van der Waals surface area contributed by atoms with Crippen molar-refractivity contribution in [2.24, 2.45) is 5.73 Å². The lowest BCUT2D eigenvalue weighted by atomic mass is 9.98. The van der Waals surface area contributed by atoms with Crippen LogP contribution in [0.15, 0.2) is 18.2 Å². The number of hydrogen-bond acceptors (Lipinski definition) is 2. The summed E-state index contributed by atoms with van der Waals surface area (Å²) in [4.78, 5) is 11.1. The van der Waals surface area contributed by atoms with Crippen molar-refractivity contribution < 1.29 is 4.79 Å². The number of amides is 1. The molecular weight excluding hydrogens is 236 g/mol. The molecule has 0 radical (unpaired) electrons. The molecule has 0 aliphatic heterocycles. The zero-order valence-electron chi connectivity index (χ0n) is 9.87. The van der Waals surface area contributed by atoms with Crippen molar-refractivity contribution in [2.45, 2.75) is 38.3 Å². The minimum absolute atomic E-state index is 0.271. The lowest BCUT2D eigenvalue weighted by Crippen LogP contribution is -2.19. The number of nitrogens with two attached hydrogens (primary N) is 1. The van der Waals surface area contributed by atoms with E-state index in [0.717, 1.165) is 22.7 Å². The minimum atomic E-state index is -0.312. The second-order valence-corrected chi connectivity index (χ2v) is 5.04. The average Bonchev–Trinajstić information content (AvgIpc) is 3.11. The summed E-state index contributed by atoms with van der Waals surface area (Å²) in [6.07, 6.45) is 2.49. The van der Waals surface area contributed by atoms with E-state index in [1.165, 1.54) is 12.8 Å². The molecule has 2 rings (SSSR count). The van der Waals surface area contributed by atoms with Crippen molar-refractivity contribution in [2.75, 3.05) is 0 Å². The molecule has 1 amide bonds. The molecule has 3 nitrogen and oxygen atoms in total. The molecular formula is C13H17ClN2O. The van der Waals surface area contributed by atoms with Crippen LogP contribution in [0.2, 0.25) is 5.02 Å². The minimum Gasteiger partial charge on any atom is -0.369 e. The van der Waals surface area contributed by atoms with Crippen molar-refractivity contribution >= 4 is 17.5 Å². The predicted molar refractivity (Wildman–Crippen MR) is 68.9 cm³/mol. The van der Waals surface area contributed by atoms with Crippen molar-refractivity contribution in [3.63, 3.8) is 0 Å². The van der Waals surface area contributed by atoms with E-state index in [-0.39, 0.29) is 11.8 Å². The summed E-state index contributed by atoms with van der Waals surface area (Å²) in [7, 11) is 0. The Hall–Kier alpha value is -1.06. The van der Waals surface area contributed by atoms with Gasteiger partial charge in [-0.15, -0.1) is 0 Å². The highest BCUT2D eigenvalue weighted by molar-refractivity contribution is 6.31. The van der Waals surface area contributed by atoms with Crippen molar-refractivity contribution in [3.8, 4) is 0 Å². The molecule has 4 heteroatoms. The summed E-state index contributed by atoms with van der Waals surface area (Å²) in [5, 5.41) is 4.14. The topological polar surface area (TPSA) is 55.1 Å². The van der Waals surface area contributed by atoms with Gasteiger partial charge in [0.2, 0.25) is 5.91 Å². The van der Waals surface area contributed by atoms with Gasteiger partial charge in [0.25, 0.3) is 0 Å². The third-order valence-electron chi connectivity index (χ3n) is 3.16. The van der Waals surface area contributed by atoms with Gasteiger partial charge in [-0.1, -0.05) is 23.7 Å². The number of primary amides is 1. The lowest BCUT2D eigenvalue weighted by Gasteiger charge is -2.11. The Morgan fingerprint density at radius 1 is 1.59 bits per heavy atom. The molecule has 0 heterocycles. The highest BCUT2D eigenvalue weighted by Crippen LogP contribution is 2.24. The molecule has 1 saturated carbocycles. The Morgan fingerprint density at radius 3 is 2.88 bits per heavy atom. The number of halogens is 1. The van der Waals surface area contributed by atoms with Gasteiger partial charge < -0.3 is 11.1 Å². The first-order chi connectivity index (χ1) is 8.08. The van der Waals surface area contributed by atoms with Gasteiger partial charge in [-0.3, -0.25) is 4.79 Å². The monoisotopic (exact) mass is 252 g/mol. The smallest absolute Gasteiger partial charge is 0.224 e. The van der Waals surface area contributed by atoms with Crippen molar-refractivity contribution in [1.29, 1.82) is 0 Å². The predicted octanol–water partition coefficient (Wildman–Crippen LogP) is 2.18. The lowest BCUT2D eigenvalue weighted by molar-refractivity contribution is -0.119. The second kappa shape index (κ2) is 5.07. The van der Waals surface area contributed by atoms with E-state index in [2.05, 4.69) is 5.32 Å². The van der Waals surface area contributed by atoms with Gasteiger partial charge in [-0.05, 0) is 37.0 Å². The van der Waals surface area contributed by atoms with Gasteiger partial charge in [0.05, 0.1) is 5.92 Å². The van der Waals surface area contributed by atoms with E-state index >= 15 is 0 Å². The average molecular weight is 253 g/mol. The summed E-state index contributed by atoms with van der Waals surface area (Å²) < 4.78 is 0. The van der Waals surface area contributed by atoms with E-state index in [4.69, 9.17) is 17.3 Å². The Balaban J connectivity index is 2.12. The van der Waals surface area contributed by atoms with Crippen LogP contribution in [0.4, 0.5) is 0 Å². The number of rotatable bonds is 5. The van der Waals surface area contributed by atoms with Crippen LogP contribution in [-0.2, 0) is 11.3 Å². The molecule has 1 aromatic carbocycles. The maximum atomic E-state index is 11.1. The first kappa shape index (κ1) is 12.4. The standard InChI is InChI=1S/C13H17ClN2O/c1-8(13(15)17)9-2-5-12(14)10(6-9)7-16-11-3-4-11/h2,5-6,8,11,16H,3-4,7H2,1H3,(H2,15,17). The third kappa shape index (κ3) is 3.20. The molecule has 0 bridgehead atoms. The van der Waals surface area contributed by atoms with E-state index in [9.17, 15) is 4.79 Å². The summed E-state index contributed by atoms with van der Waals surface area (Å²) in [6.45, 7) is 2.56. The molecule has 92 valence electrons. The van der Waals surface area contributed by atoms with Crippen LogP contribution in [-0.4, -0.2) is 11.9 Å². The van der Waals surface area contributed by atoms with Gasteiger partial charge in [0.15, 0.2) is 0 Å². The van der Waals surface area contributed by atoms with Gasteiger partial charge >= 0.3 is 0 Å². The Bertz CT molecular complexity index is 429. The van der Waals surface area contributed by atoms with E-state index in [0.29, 0.717) is 6.04 Å². The number of nitrogens with one attached hydrogen (secondary N) is 1. The summed E-state index contributed by atoms with van der Waals surface area (Å²) in [5.41, 5.74) is 7.26. The first-order valence-corrected chi connectivity index (χ1v) is 6.26. The number of hydrogen-bond donors (Lipinski definition) is 2. The van der Waals surface area contributed by atoms with E-state index in [1.54, 1.807) is 0 Å². The number of benzene rings is 1. The van der Waals surface area contributed by atoms with Crippen LogP contribution < -0.4 is 11.1 Å². The fraction of sp³-hybridized carbons (Fsp3) is 0.462. The van der Waals surface area contributed by atoms with Crippen LogP contribution >= 0.6 is 11.6 Å². The molecule has 1 aromatic rings. The van der Waals surface area contributed by atoms with Crippen molar-refractivity contribution in [3.05, 3.63) is 34.3 Å². The molecule has 1 unspecified atom stereocenters. The summed E-state index contributed by atoms with van der Waals surface area (Å²) >= 11 is 6.13. The third-order valence-corrected chi connectivity index (χ3v) is 3.52. The molecule has 3 N–H and O–H groups in total. The SMILES string of the molecule is CC(C(N)=O)c1ccc(Cl)c(CNC2CC2)c1. The van der Waals surface area contributed by atoms with Crippen LogP contribution in [0.1, 0.15) is 36.8 Å². The maximum absolute atomic E-state index is 11.1. The molecule has 0 spiro atoms. The Morgan fingerprint density at radius 2 is 2.29 bits per heavy atom. The van der Waals surface area contributed by atoms with Gasteiger partial charge in [-0.25, -0.2) is 0 Å². The molecule has 17 heavy (non-hydrogen) atoms. The van der Waals surface area contributed by atoms with Crippen LogP contribution in [0.3, 0.4) is 0 Å². The van der Waals surface area contributed by atoms with Crippen LogP contribution in [0.5, 0.6) is 0 Å². The number of carbonyl (C=O) groups is 1.